The Bertz CT molecular complexity index is 271. The summed E-state index contributed by atoms with van der Waals surface area (Å²) in [6, 6.07) is 4.26. The van der Waals surface area contributed by atoms with Crippen LogP contribution in [0.5, 0.6) is 0 Å². The lowest BCUT2D eigenvalue weighted by molar-refractivity contribution is 0.462. The molecule has 1 aliphatic rings. The van der Waals surface area contributed by atoms with Crippen LogP contribution in [0.2, 0.25) is 0 Å². The van der Waals surface area contributed by atoms with E-state index in [2.05, 4.69) is 16.4 Å². The highest BCUT2D eigenvalue weighted by molar-refractivity contribution is 5.17. The fourth-order valence-electron chi connectivity index (χ4n) is 2.58. The van der Waals surface area contributed by atoms with E-state index in [1.165, 1.54) is 24.8 Å². The van der Waals surface area contributed by atoms with Crippen molar-refractivity contribution in [1.82, 2.24) is 10.3 Å². The topological polar surface area (TPSA) is 24.9 Å². The van der Waals surface area contributed by atoms with Gasteiger partial charge in [-0.25, -0.2) is 0 Å². The van der Waals surface area contributed by atoms with Gasteiger partial charge in [-0.1, -0.05) is 12.5 Å². The molecule has 1 saturated carbocycles. The third kappa shape index (κ3) is 1.95. The Hall–Kier alpha value is -0.890. The van der Waals surface area contributed by atoms with Crippen molar-refractivity contribution in [3.05, 3.63) is 30.1 Å². The summed E-state index contributed by atoms with van der Waals surface area (Å²) in [5, 5.41) is 3.29. The lowest BCUT2D eigenvalue weighted by atomic mass is 9.90. The molecular formula is C12H18N2. The highest BCUT2D eigenvalue weighted by Crippen LogP contribution is 2.38. The van der Waals surface area contributed by atoms with Gasteiger partial charge in [0, 0.05) is 12.4 Å². The third-order valence-electron chi connectivity index (χ3n) is 3.24. The van der Waals surface area contributed by atoms with Gasteiger partial charge in [-0.3, -0.25) is 4.98 Å². The molecule has 2 heteroatoms. The Kier molecular flexibility index (Phi) is 3.14. The summed E-state index contributed by atoms with van der Waals surface area (Å²) in [5.74, 6) is 1.54. The van der Waals surface area contributed by atoms with Crippen LogP contribution in [0.25, 0.3) is 0 Å². The molecule has 1 aliphatic carbocycles. The van der Waals surface area contributed by atoms with Crippen molar-refractivity contribution in [3.63, 3.8) is 0 Å². The predicted octanol–water partition coefficient (Wildman–Crippen LogP) is 2.18. The van der Waals surface area contributed by atoms with Gasteiger partial charge in [0.15, 0.2) is 0 Å². The van der Waals surface area contributed by atoms with Crippen LogP contribution in [0.1, 0.15) is 30.7 Å². The van der Waals surface area contributed by atoms with Crippen molar-refractivity contribution in [1.29, 1.82) is 0 Å². The van der Waals surface area contributed by atoms with Crippen molar-refractivity contribution in [3.8, 4) is 0 Å². The average molecular weight is 190 g/mol. The van der Waals surface area contributed by atoms with Crippen LogP contribution in [-0.4, -0.2) is 18.6 Å². The number of nitrogens with zero attached hydrogens (tertiary/aromatic N) is 1. The fraction of sp³-hybridized carbons (Fsp3) is 0.583. The number of pyridine rings is 1. The van der Waals surface area contributed by atoms with Crippen molar-refractivity contribution in [2.75, 3.05) is 13.6 Å². The highest BCUT2D eigenvalue weighted by atomic mass is 14.8. The molecule has 1 heterocycles. The van der Waals surface area contributed by atoms with Crippen LogP contribution in [0.3, 0.4) is 0 Å². The quantitative estimate of drug-likeness (QED) is 0.790. The molecule has 2 rings (SSSR count). The van der Waals surface area contributed by atoms with Crippen LogP contribution < -0.4 is 5.32 Å². The minimum absolute atomic E-state index is 0.733. The maximum atomic E-state index is 4.20. The number of rotatable bonds is 3. The van der Waals surface area contributed by atoms with Gasteiger partial charge in [-0.05, 0) is 49.9 Å². The van der Waals surface area contributed by atoms with E-state index in [0.717, 1.165) is 18.4 Å². The molecule has 0 radical (unpaired) electrons. The zero-order chi connectivity index (χ0) is 9.80. The maximum absolute atomic E-state index is 4.20. The SMILES string of the molecule is CNCC1CCCC1c1cccnc1. The van der Waals surface area contributed by atoms with Gasteiger partial charge >= 0.3 is 0 Å². The first-order valence-corrected chi connectivity index (χ1v) is 5.46. The van der Waals surface area contributed by atoms with Gasteiger partial charge in [0.1, 0.15) is 0 Å². The van der Waals surface area contributed by atoms with E-state index in [0.29, 0.717) is 0 Å². The molecule has 76 valence electrons. The van der Waals surface area contributed by atoms with Crippen LogP contribution in [0.15, 0.2) is 24.5 Å². The summed E-state index contributed by atoms with van der Waals surface area (Å²) in [4.78, 5) is 4.20. The molecule has 0 amide bonds. The maximum Gasteiger partial charge on any atom is 0.0302 e. The third-order valence-corrected chi connectivity index (χ3v) is 3.24. The number of nitrogens with one attached hydrogen (secondary N) is 1. The molecule has 1 aromatic rings. The largest absolute Gasteiger partial charge is 0.319 e. The molecule has 0 bridgehead atoms. The molecule has 0 aromatic carbocycles. The standard InChI is InChI=1S/C12H18N2/c1-13-8-10-4-2-6-12(10)11-5-3-7-14-9-11/h3,5,7,9-10,12-13H,2,4,6,8H2,1H3. The molecule has 0 spiro atoms. The molecule has 14 heavy (non-hydrogen) atoms. The second kappa shape index (κ2) is 4.56. The second-order valence-electron chi connectivity index (χ2n) is 4.14. The summed E-state index contributed by atoms with van der Waals surface area (Å²) in [6.45, 7) is 1.14. The first-order valence-electron chi connectivity index (χ1n) is 5.46. The van der Waals surface area contributed by atoms with Crippen LogP contribution in [0.4, 0.5) is 0 Å². The van der Waals surface area contributed by atoms with Crippen molar-refractivity contribution >= 4 is 0 Å². The van der Waals surface area contributed by atoms with E-state index in [1.54, 1.807) is 0 Å². The number of hydrogen-bond acceptors (Lipinski definition) is 2. The molecule has 1 aromatic heterocycles. The van der Waals surface area contributed by atoms with E-state index in [-0.39, 0.29) is 0 Å². The van der Waals surface area contributed by atoms with Crippen LogP contribution >= 0.6 is 0 Å². The summed E-state index contributed by atoms with van der Waals surface area (Å²) in [5.41, 5.74) is 1.42. The van der Waals surface area contributed by atoms with Crippen molar-refractivity contribution in [2.45, 2.75) is 25.2 Å². The molecule has 1 N–H and O–H groups in total. The van der Waals surface area contributed by atoms with Gasteiger partial charge in [-0.2, -0.15) is 0 Å². The lowest BCUT2D eigenvalue weighted by Gasteiger charge is -2.19. The van der Waals surface area contributed by atoms with Gasteiger partial charge in [-0.15, -0.1) is 0 Å². The Balaban J connectivity index is 2.10. The predicted molar refractivity (Wildman–Crippen MR) is 58.2 cm³/mol. The van der Waals surface area contributed by atoms with Crippen LogP contribution in [-0.2, 0) is 0 Å². The van der Waals surface area contributed by atoms with Gasteiger partial charge in [0.25, 0.3) is 0 Å². The summed E-state index contributed by atoms with van der Waals surface area (Å²) in [6.07, 6.45) is 7.94. The first-order chi connectivity index (χ1) is 6.92. The van der Waals surface area contributed by atoms with E-state index in [1.807, 2.05) is 25.5 Å². The van der Waals surface area contributed by atoms with Crippen molar-refractivity contribution in [2.24, 2.45) is 5.92 Å². The van der Waals surface area contributed by atoms with E-state index >= 15 is 0 Å². The zero-order valence-corrected chi connectivity index (χ0v) is 8.74. The van der Waals surface area contributed by atoms with E-state index in [4.69, 9.17) is 0 Å². The van der Waals surface area contributed by atoms with E-state index < -0.39 is 0 Å². The smallest absolute Gasteiger partial charge is 0.0302 e. The number of aromatic nitrogens is 1. The average Bonchev–Trinajstić information content (AvgIpc) is 2.68. The highest BCUT2D eigenvalue weighted by Gasteiger charge is 2.27. The minimum atomic E-state index is 0.733. The fourth-order valence-corrected chi connectivity index (χ4v) is 2.58. The van der Waals surface area contributed by atoms with Gasteiger partial charge in [0.2, 0.25) is 0 Å². The Morgan fingerprint density at radius 3 is 3.14 bits per heavy atom. The summed E-state index contributed by atoms with van der Waals surface area (Å²) < 4.78 is 0. The first kappa shape index (κ1) is 9.66. The Labute approximate surface area is 85.7 Å². The normalized spacial score (nSPS) is 26.6. The Morgan fingerprint density at radius 1 is 1.50 bits per heavy atom. The number of hydrogen-bond donors (Lipinski definition) is 1. The molecule has 0 aliphatic heterocycles. The molecule has 2 unspecified atom stereocenters. The molecule has 2 atom stereocenters. The summed E-state index contributed by atoms with van der Waals surface area (Å²) >= 11 is 0. The lowest BCUT2D eigenvalue weighted by Crippen LogP contribution is -2.20. The summed E-state index contributed by atoms with van der Waals surface area (Å²) in [7, 11) is 2.04. The van der Waals surface area contributed by atoms with E-state index in [9.17, 15) is 0 Å². The van der Waals surface area contributed by atoms with Crippen LogP contribution in [0, 0.1) is 5.92 Å². The molecule has 1 fully saturated rings. The monoisotopic (exact) mass is 190 g/mol. The zero-order valence-electron chi connectivity index (χ0n) is 8.74. The molecular weight excluding hydrogens is 172 g/mol. The molecule has 0 saturated heterocycles. The Morgan fingerprint density at radius 2 is 2.43 bits per heavy atom. The van der Waals surface area contributed by atoms with Crippen molar-refractivity contribution < 1.29 is 0 Å². The van der Waals surface area contributed by atoms with Gasteiger partial charge < -0.3 is 5.32 Å². The second-order valence-corrected chi connectivity index (χ2v) is 4.14. The minimum Gasteiger partial charge on any atom is -0.319 e. The van der Waals surface area contributed by atoms with Gasteiger partial charge in [0.05, 0.1) is 0 Å². The molecule has 2 nitrogen and oxygen atoms in total.